The normalized spacial score (nSPS) is 13.2. The molecular weight excluding hydrogens is 482 g/mol. The molecule has 2 aromatic rings. The summed E-state index contributed by atoms with van der Waals surface area (Å²) in [5.74, 6) is 0.766. The summed E-state index contributed by atoms with van der Waals surface area (Å²) in [4.78, 5) is 12.6. The zero-order valence-corrected chi connectivity index (χ0v) is 25.6. The van der Waals surface area contributed by atoms with E-state index in [0.29, 0.717) is 13.0 Å². The fourth-order valence-corrected chi connectivity index (χ4v) is 5.01. The second-order valence-corrected chi connectivity index (χ2v) is 12.1. The highest BCUT2D eigenvalue weighted by Gasteiger charge is 2.22. The van der Waals surface area contributed by atoms with Gasteiger partial charge in [-0.1, -0.05) is 114 Å². The van der Waals surface area contributed by atoms with Gasteiger partial charge >= 0.3 is 5.97 Å². The fraction of sp³-hybridized carbons (Fsp3) is 0.629. The lowest BCUT2D eigenvalue weighted by Gasteiger charge is -2.30. The summed E-state index contributed by atoms with van der Waals surface area (Å²) in [6, 6.07) is 18.9. The maximum Gasteiger partial charge on any atom is 0.308 e. The van der Waals surface area contributed by atoms with Crippen LogP contribution in [0.4, 0.5) is 0 Å². The van der Waals surface area contributed by atoms with Gasteiger partial charge in [-0.15, -0.1) is 0 Å². The number of hydrogen-bond donors (Lipinski definition) is 0. The van der Waals surface area contributed by atoms with Crippen molar-refractivity contribution >= 4 is 5.97 Å². The number of carbonyl (C=O) groups excluding carboxylic acids is 1. The molecule has 39 heavy (non-hydrogen) atoms. The second-order valence-electron chi connectivity index (χ2n) is 12.1. The van der Waals surface area contributed by atoms with Crippen LogP contribution in [-0.2, 0) is 22.5 Å². The van der Waals surface area contributed by atoms with Crippen LogP contribution >= 0.6 is 0 Å². The molecule has 0 aliphatic heterocycles. The number of benzene rings is 2. The molecular formula is C35H56NO3+. The van der Waals surface area contributed by atoms with Gasteiger partial charge in [0.05, 0.1) is 39.3 Å². The monoisotopic (exact) mass is 538 g/mol. The summed E-state index contributed by atoms with van der Waals surface area (Å²) < 4.78 is 12.8. The van der Waals surface area contributed by atoms with E-state index in [1.54, 1.807) is 0 Å². The Morgan fingerprint density at radius 3 is 2.10 bits per heavy atom. The Labute approximate surface area is 239 Å². The number of para-hydroxylation sites is 1. The third-order valence-electron chi connectivity index (χ3n) is 7.64. The largest absolute Gasteiger partial charge is 0.490 e. The van der Waals surface area contributed by atoms with Crippen molar-refractivity contribution in [3.8, 4) is 5.75 Å². The summed E-state index contributed by atoms with van der Waals surface area (Å²) in [5, 5.41) is 0. The van der Waals surface area contributed by atoms with Gasteiger partial charge in [0, 0.05) is 18.4 Å². The number of ether oxygens (including phenoxy) is 2. The van der Waals surface area contributed by atoms with Crippen LogP contribution in [0, 0.1) is 5.92 Å². The van der Waals surface area contributed by atoms with Crippen molar-refractivity contribution in [3.63, 3.8) is 0 Å². The van der Waals surface area contributed by atoms with Crippen LogP contribution in [0.3, 0.4) is 0 Å². The maximum absolute atomic E-state index is 12.6. The highest BCUT2D eigenvalue weighted by atomic mass is 16.5. The predicted octanol–water partition coefficient (Wildman–Crippen LogP) is 8.76. The molecule has 0 saturated heterocycles. The molecule has 0 saturated carbocycles. The Hall–Kier alpha value is -2.33. The van der Waals surface area contributed by atoms with Crippen molar-refractivity contribution in [2.45, 2.75) is 110 Å². The molecule has 2 atom stereocenters. The van der Waals surface area contributed by atoms with Gasteiger partial charge < -0.3 is 14.0 Å². The van der Waals surface area contributed by atoms with Crippen LogP contribution in [0.1, 0.15) is 103 Å². The van der Waals surface area contributed by atoms with Crippen LogP contribution in [0.2, 0.25) is 0 Å². The van der Waals surface area contributed by atoms with Gasteiger partial charge in [-0.05, 0) is 31.4 Å². The quantitative estimate of drug-likeness (QED) is 0.0905. The fourth-order valence-electron chi connectivity index (χ4n) is 5.01. The molecule has 0 aliphatic rings. The minimum absolute atomic E-state index is 0.00107. The lowest BCUT2D eigenvalue weighted by Crippen LogP contribution is -2.40. The van der Waals surface area contributed by atoms with Gasteiger partial charge in [-0.25, -0.2) is 0 Å². The van der Waals surface area contributed by atoms with Gasteiger partial charge in [0.15, 0.2) is 0 Å². The molecule has 0 spiro atoms. The van der Waals surface area contributed by atoms with Crippen LogP contribution < -0.4 is 4.74 Å². The molecule has 0 heterocycles. The van der Waals surface area contributed by atoms with Gasteiger partial charge in [0.2, 0.25) is 0 Å². The summed E-state index contributed by atoms with van der Waals surface area (Å²) in [6.07, 6.45) is 14.6. The van der Waals surface area contributed by atoms with E-state index in [2.05, 4.69) is 70.4 Å². The number of esters is 1. The van der Waals surface area contributed by atoms with E-state index in [1.165, 1.54) is 68.9 Å². The molecule has 2 rings (SSSR count). The Balaban J connectivity index is 1.63. The Bertz CT molecular complexity index is 911. The first kappa shape index (κ1) is 32.9. The van der Waals surface area contributed by atoms with Gasteiger partial charge in [0.25, 0.3) is 0 Å². The average Bonchev–Trinajstić information content (AvgIpc) is 2.92. The van der Waals surface area contributed by atoms with E-state index in [0.717, 1.165) is 36.2 Å². The van der Waals surface area contributed by atoms with Crippen molar-refractivity contribution in [2.75, 3.05) is 27.2 Å². The molecule has 4 heteroatoms. The SMILES string of the molecule is CCCCCCCCCCCc1ccccc1OC(C)CCOC(=O)C(C)CC[N+](C)(C)Cc1ccccc1. The van der Waals surface area contributed by atoms with Gasteiger partial charge in [-0.3, -0.25) is 4.79 Å². The molecule has 0 N–H and O–H groups in total. The van der Waals surface area contributed by atoms with Crippen molar-refractivity contribution in [2.24, 2.45) is 5.92 Å². The van der Waals surface area contributed by atoms with E-state index in [4.69, 9.17) is 9.47 Å². The van der Waals surface area contributed by atoms with Gasteiger partial charge in [0.1, 0.15) is 12.3 Å². The van der Waals surface area contributed by atoms with Crippen LogP contribution in [0.25, 0.3) is 0 Å². The second kappa shape index (κ2) is 18.9. The van der Waals surface area contributed by atoms with Crippen LogP contribution in [0.5, 0.6) is 5.75 Å². The number of quaternary nitrogens is 1. The van der Waals surface area contributed by atoms with Gasteiger partial charge in [-0.2, -0.15) is 0 Å². The van der Waals surface area contributed by atoms with E-state index >= 15 is 0 Å². The lowest BCUT2D eigenvalue weighted by atomic mass is 10.0. The van der Waals surface area contributed by atoms with Crippen molar-refractivity contribution < 1.29 is 18.8 Å². The highest BCUT2D eigenvalue weighted by molar-refractivity contribution is 5.71. The summed E-state index contributed by atoms with van der Waals surface area (Å²) in [6.45, 7) is 8.60. The molecule has 2 unspecified atom stereocenters. The molecule has 0 fully saturated rings. The third kappa shape index (κ3) is 14.6. The highest BCUT2D eigenvalue weighted by Crippen LogP contribution is 2.23. The standard InChI is InChI=1S/C35H56NO3/c1-6-7-8-9-10-11-12-13-17-22-33-23-18-19-24-34(33)39-31(3)26-28-38-35(37)30(2)25-27-36(4,5)29-32-20-15-14-16-21-32/h14-16,18-21,23-24,30-31H,6-13,17,22,25-29H2,1-5H3/q+1. The molecule has 0 amide bonds. The smallest absolute Gasteiger partial charge is 0.308 e. The van der Waals surface area contributed by atoms with Crippen molar-refractivity contribution in [1.29, 1.82) is 0 Å². The van der Waals surface area contributed by atoms with E-state index in [9.17, 15) is 4.79 Å². The molecule has 0 radical (unpaired) electrons. The first-order chi connectivity index (χ1) is 18.8. The zero-order chi connectivity index (χ0) is 28.3. The third-order valence-corrected chi connectivity index (χ3v) is 7.64. The molecule has 0 aliphatic carbocycles. The number of nitrogens with zero attached hydrogens (tertiary/aromatic N) is 1. The molecule has 2 aromatic carbocycles. The van der Waals surface area contributed by atoms with Crippen molar-refractivity contribution in [1.82, 2.24) is 0 Å². The van der Waals surface area contributed by atoms with E-state index in [1.807, 2.05) is 19.1 Å². The van der Waals surface area contributed by atoms with Crippen molar-refractivity contribution in [3.05, 3.63) is 65.7 Å². The number of aryl methyl sites for hydroxylation is 1. The Kier molecular flexibility index (Phi) is 15.9. The number of carbonyl (C=O) groups is 1. The summed E-state index contributed by atoms with van der Waals surface area (Å²) in [7, 11) is 4.44. The average molecular weight is 539 g/mol. The van der Waals surface area contributed by atoms with E-state index < -0.39 is 0 Å². The summed E-state index contributed by atoms with van der Waals surface area (Å²) >= 11 is 0. The lowest BCUT2D eigenvalue weighted by molar-refractivity contribution is -0.904. The first-order valence-corrected chi connectivity index (χ1v) is 15.6. The minimum Gasteiger partial charge on any atom is -0.490 e. The number of unbranched alkanes of at least 4 members (excludes halogenated alkanes) is 8. The Morgan fingerprint density at radius 2 is 1.41 bits per heavy atom. The molecule has 0 aromatic heterocycles. The zero-order valence-electron chi connectivity index (χ0n) is 25.6. The number of hydrogen-bond acceptors (Lipinski definition) is 3. The molecule has 4 nitrogen and oxygen atoms in total. The Morgan fingerprint density at radius 1 is 0.795 bits per heavy atom. The van der Waals surface area contributed by atoms with Crippen LogP contribution in [-0.4, -0.2) is 43.8 Å². The number of rotatable bonds is 21. The molecule has 0 bridgehead atoms. The first-order valence-electron chi connectivity index (χ1n) is 15.6. The predicted molar refractivity (Wildman–Crippen MR) is 164 cm³/mol. The summed E-state index contributed by atoms with van der Waals surface area (Å²) in [5.41, 5.74) is 2.61. The molecule has 218 valence electrons. The van der Waals surface area contributed by atoms with Crippen LogP contribution in [0.15, 0.2) is 54.6 Å². The van der Waals surface area contributed by atoms with E-state index in [-0.39, 0.29) is 18.0 Å². The minimum atomic E-state index is -0.105. The maximum atomic E-state index is 12.6. The topological polar surface area (TPSA) is 35.5 Å².